The van der Waals surface area contributed by atoms with E-state index in [9.17, 15) is 9.59 Å². The largest absolute Gasteiger partial charge is 0.352 e. The van der Waals surface area contributed by atoms with Crippen LogP contribution in [0, 0.1) is 0 Å². The van der Waals surface area contributed by atoms with E-state index in [1.165, 1.54) is 11.8 Å². The van der Waals surface area contributed by atoms with E-state index in [1.54, 1.807) is 30.0 Å². The molecule has 2 rings (SSSR count). The summed E-state index contributed by atoms with van der Waals surface area (Å²) >= 11 is 19.9. The molecule has 0 fully saturated rings. The van der Waals surface area contributed by atoms with Gasteiger partial charge in [-0.05, 0) is 49.6 Å². The van der Waals surface area contributed by atoms with Gasteiger partial charge < -0.3 is 10.2 Å². The number of nitrogens with one attached hydrogen (secondary N) is 1. The van der Waals surface area contributed by atoms with E-state index in [-0.39, 0.29) is 30.2 Å². The summed E-state index contributed by atoms with van der Waals surface area (Å²) in [7, 11) is 0. The van der Waals surface area contributed by atoms with Crippen molar-refractivity contribution >= 4 is 58.4 Å². The van der Waals surface area contributed by atoms with Gasteiger partial charge in [0.15, 0.2) is 0 Å². The number of carbonyl (C=O) groups excluding carboxylic acids is 2. The van der Waals surface area contributed by atoms with Gasteiger partial charge in [-0.2, -0.15) is 0 Å². The molecule has 0 bridgehead atoms. The summed E-state index contributed by atoms with van der Waals surface area (Å²) in [5.41, 5.74) is 1.70. The molecule has 0 aliphatic heterocycles. The fourth-order valence-corrected chi connectivity index (χ4v) is 4.49. The summed E-state index contributed by atoms with van der Waals surface area (Å²) in [6, 6.07) is 12.1. The summed E-state index contributed by atoms with van der Waals surface area (Å²) < 4.78 is 0. The van der Waals surface area contributed by atoms with Crippen LogP contribution in [0.5, 0.6) is 0 Å². The van der Waals surface area contributed by atoms with Gasteiger partial charge in [-0.1, -0.05) is 66.0 Å². The fourth-order valence-electron chi connectivity index (χ4n) is 2.83. The number of hydrogen-bond acceptors (Lipinski definition) is 3. The van der Waals surface area contributed by atoms with Crippen LogP contribution in [0.3, 0.4) is 0 Å². The Hall–Kier alpha value is -1.40. The molecular weight excluding hydrogens is 475 g/mol. The fraction of sp³-hybridized carbons (Fsp3) is 0.391. The number of amides is 2. The third-order valence-corrected chi connectivity index (χ3v) is 6.89. The molecule has 8 heteroatoms. The van der Waals surface area contributed by atoms with Crippen LogP contribution >= 0.6 is 46.6 Å². The van der Waals surface area contributed by atoms with Crippen LogP contribution in [-0.2, 0) is 21.9 Å². The van der Waals surface area contributed by atoms with Crippen LogP contribution in [0.25, 0.3) is 0 Å². The van der Waals surface area contributed by atoms with E-state index in [0.29, 0.717) is 20.8 Å². The first-order valence-corrected chi connectivity index (χ1v) is 12.4. The molecule has 2 aromatic rings. The molecule has 0 aliphatic carbocycles. The van der Waals surface area contributed by atoms with Crippen LogP contribution in [0.2, 0.25) is 15.1 Å². The normalized spacial score (nSPS) is 12.8. The highest BCUT2D eigenvalue weighted by molar-refractivity contribution is 7.99. The Kier molecular flexibility index (Phi) is 10.5. The van der Waals surface area contributed by atoms with E-state index < -0.39 is 6.04 Å². The third kappa shape index (κ3) is 7.90. The van der Waals surface area contributed by atoms with Gasteiger partial charge in [-0.25, -0.2) is 0 Å². The molecule has 2 atom stereocenters. The van der Waals surface area contributed by atoms with Crippen LogP contribution in [0.1, 0.15) is 38.3 Å². The standard InChI is InChI=1S/C23H27Cl3N2O2S/c1-4-15(2)27-23(30)16(3)28(12-17-7-5-6-8-20(17)25)22(29)14-31-13-18-9-10-19(24)11-21(18)26/h5-11,15-16H,4,12-14H2,1-3H3,(H,27,30)/t15-,16+/m0/s1. The molecule has 0 aromatic heterocycles. The van der Waals surface area contributed by atoms with Crippen molar-refractivity contribution in [1.82, 2.24) is 10.2 Å². The van der Waals surface area contributed by atoms with Gasteiger partial charge in [0.1, 0.15) is 6.04 Å². The Morgan fingerprint density at radius 3 is 2.39 bits per heavy atom. The predicted octanol–water partition coefficient (Wildman–Crippen LogP) is 6.21. The zero-order valence-electron chi connectivity index (χ0n) is 17.8. The second kappa shape index (κ2) is 12.6. The minimum atomic E-state index is -0.627. The van der Waals surface area contributed by atoms with Gasteiger partial charge in [-0.15, -0.1) is 11.8 Å². The Morgan fingerprint density at radius 2 is 1.74 bits per heavy atom. The molecule has 168 valence electrons. The van der Waals surface area contributed by atoms with Crippen LogP contribution < -0.4 is 5.32 Å². The molecule has 2 amide bonds. The number of thioether (sulfide) groups is 1. The second-order valence-corrected chi connectivity index (χ2v) is 9.57. The average Bonchev–Trinajstić information content (AvgIpc) is 2.73. The van der Waals surface area contributed by atoms with Crippen molar-refractivity contribution in [2.24, 2.45) is 0 Å². The molecular formula is C23H27Cl3N2O2S. The number of rotatable bonds is 10. The molecule has 31 heavy (non-hydrogen) atoms. The molecule has 0 saturated heterocycles. The Bertz CT molecular complexity index is 910. The summed E-state index contributed by atoms with van der Waals surface area (Å²) in [6.07, 6.45) is 0.814. The maximum absolute atomic E-state index is 13.1. The average molecular weight is 502 g/mol. The van der Waals surface area contributed by atoms with Gasteiger partial charge in [0.05, 0.1) is 5.75 Å². The number of halogens is 3. The van der Waals surface area contributed by atoms with E-state index in [2.05, 4.69) is 5.32 Å². The maximum atomic E-state index is 13.1. The minimum absolute atomic E-state index is 0.0358. The van der Waals surface area contributed by atoms with Crippen molar-refractivity contribution in [3.8, 4) is 0 Å². The van der Waals surface area contributed by atoms with E-state index in [4.69, 9.17) is 34.8 Å². The smallest absolute Gasteiger partial charge is 0.242 e. The first-order valence-electron chi connectivity index (χ1n) is 10.1. The van der Waals surface area contributed by atoms with Crippen molar-refractivity contribution in [2.45, 2.75) is 51.6 Å². The monoisotopic (exact) mass is 500 g/mol. The molecule has 0 saturated carbocycles. The van der Waals surface area contributed by atoms with Crippen molar-refractivity contribution in [3.05, 3.63) is 68.7 Å². The van der Waals surface area contributed by atoms with Crippen LogP contribution in [0.4, 0.5) is 0 Å². The molecule has 0 radical (unpaired) electrons. The Balaban J connectivity index is 2.11. The topological polar surface area (TPSA) is 49.4 Å². The lowest BCUT2D eigenvalue weighted by Gasteiger charge is -2.30. The lowest BCUT2D eigenvalue weighted by Crippen LogP contribution is -2.50. The first-order chi connectivity index (χ1) is 14.7. The highest BCUT2D eigenvalue weighted by Crippen LogP contribution is 2.25. The van der Waals surface area contributed by atoms with E-state index >= 15 is 0 Å². The molecule has 0 aliphatic rings. The lowest BCUT2D eigenvalue weighted by atomic mass is 10.1. The third-order valence-electron chi connectivity index (χ3n) is 4.97. The number of nitrogens with zero attached hydrogens (tertiary/aromatic N) is 1. The second-order valence-electron chi connectivity index (χ2n) is 7.34. The minimum Gasteiger partial charge on any atom is -0.352 e. The van der Waals surface area contributed by atoms with Gasteiger partial charge in [0.2, 0.25) is 11.8 Å². The molecule has 4 nitrogen and oxygen atoms in total. The van der Waals surface area contributed by atoms with Gasteiger partial charge in [-0.3, -0.25) is 9.59 Å². The molecule has 0 heterocycles. The molecule has 0 spiro atoms. The number of carbonyl (C=O) groups is 2. The number of benzene rings is 2. The van der Waals surface area contributed by atoms with E-state index in [1.807, 2.05) is 38.1 Å². The van der Waals surface area contributed by atoms with Crippen LogP contribution in [0.15, 0.2) is 42.5 Å². The summed E-state index contributed by atoms with van der Waals surface area (Å²) in [6.45, 7) is 5.94. The molecule has 0 unspecified atom stereocenters. The first kappa shape index (κ1) is 25.9. The predicted molar refractivity (Wildman–Crippen MR) is 132 cm³/mol. The van der Waals surface area contributed by atoms with Crippen molar-refractivity contribution in [1.29, 1.82) is 0 Å². The van der Waals surface area contributed by atoms with Gasteiger partial charge >= 0.3 is 0 Å². The van der Waals surface area contributed by atoms with E-state index in [0.717, 1.165) is 17.5 Å². The highest BCUT2D eigenvalue weighted by atomic mass is 35.5. The zero-order valence-corrected chi connectivity index (χ0v) is 20.9. The molecule has 2 aromatic carbocycles. The Labute approximate surface area is 203 Å². The van der Waals surface area contributed by atoms with Gasteiger partial charge in [0.25, 0.3) is 0 Å². The molecule has 1 N–H and O–H groups in total. The van der Waals surface area contributed by atoms with Crippen molar-refractivity contribution in [2.75, 3.05) is 5.75 Å². The Morgan fingerprint density at radius 1 is 1.03 bits per heavy atom. The van der Waals surface area contributed by atoms with Gasteiger partial charge in [0, 0.05) is 33.4 Å². The van der Waals surface area contributed by atoms with Crippen molar-refractivity contribution in [3.63, 3.8) is 0 Å². The van der Waals surface area contributed by atoms with Crippen LogP contribution in [-0.4, -0.2) is 34.6 Å². The number of hydrogen-bond donors (Lipinski definition) is 1. The summed E-state index contributed by atoms with van der Waals surface area (Å²) in [4.78, 5) is 27.4. The summed E-state index contributed by atoms with van der Waals surface area (Å²) in [5, 5.41) is 4.66. The quantitative estimate of drug-likeness (QED) is 0.421. The lowest BCUT2D eigenvalue weighted by molar-refractivity contribution is -0.138. The maximum Gasteiger partial charge on any atom is 0.242 e. The van der Waals surface area contributed by atoms with Crippen molar-refractivity contribution < 1.29 is 9.59 Å². The summed E-state index contributed by atoms with van der Waals surface area (Å²) in [5.74, 6) is 0.460. The SMILES string of the molecule is CC[C@H](C)NC(=O)[C@@H](C)N(Cc1ccccc1Cl)C(=O)CSCc1ccc(Cl)cc1Cl. The zero-order chi connectivity index (χ0) is 23.0. The highest BCUT2D eigenvalue weighted by Gasteiger charge is 2.27.